The van der Waals surface area contributed by atoms with Crippen LogP contribution in [0.4, 0.5) is 8.78 Å². The fourth-order valence-corrected chi connectivity index (χ4v) is 2.61. The molecule has 2 nitrogen and oxygen atoms in total. The minimum absolute atomic E-state index is 0.473. The minimum Gasteiger partial charge on any atom is -0.311 e. The topological polar surface area (TPSA) is 15.3 Å². The lowest BCUT2D eigenvalue weighted by atomic mass is 10.1. The van der Waals surface area contributed by atoms with Crippen molar-refractivity contribution in [2.75, 3.05) is 19.6 Å². The zero-order valence-electron chi connectivity index (χ0n) is 11.6. The molecule has 0 bridgehead atoms. The van der Waals surface area contributed by atoms with Crippen LogP contribution in [-0.4, -0.2) is 36.6 Å². The molecule has 2 rings (SSSR count). The third-order valence-corrected chi connectivity index (χ3v) is 3.88. The van der Waals surface area contributed by atoms with Gasteiger partial charge in [-0.15, -0.1) is 0 Å². The van der Waals surface area contributed by atoms with Gasteiger partial charge in [-0.25, -0.2) is 8.78 Å². The van der Waals surface area contributed by atoms with Gasteiger partial charge in [0.25, 0.3) is 0 Å². The van der Waals surface area contributed by atoms with Gasteiger partial charge >= 0.3 is 0 Å². The number of hydrogen-bond donors (Lipinski definition) is 1. The Morgan fingerprint density at radius 2 is 1.95 bits per heavy atom. The van der Waals surface area contributed by atoms with Gasteiger partial charge in [0.2, 0.25) is 0 Å². The average molecular weight is 268 g/mol. The Morgan fingerprint density at radius 3 is 2.58 bits per heavy atom. The number of nitrogens with one attached hydrogen (secondary N) is 1. The summed E-state index contributed by atoms with van der Waals surface area (Å²) >= 11 is 0. The second-order valence-electron chi connectivity index (χ2n) is 5.39. The molecule has 1 heterocycles. The Hall–Kier alpha value is -1.00. The standard InChI is InChI=1S/C15H22F2N2/c1-3-15-10-19(11(2)9-18-15)5-4-12-6-13(16)8-14(17)7-12/h6-8,11,15,18H,3-5,9-10H2,1-2H3. The molecule has 106 valence electrons. The van der Waals surface area contributed by atoms with Crippen molar-refractivity contribution in [1.82, 2.24) is 10.2 Å². The summed E-state index contributed by atoms with van der Waals surface area (Å²) in [6.45, 7) is 7.20. The van der Waals surface area contributed by atoms with Crippen molar-refractivity contribution in [3.05, 3.63) is 35.4 Å². The van der Waals surface area contributed by atoms with Crippen LogP contribution in [0.15, 0.2) is 18.2 Å². The summed E-state index contributed by atoms with van der Waals surface area (Å²) in [5, 5.41) is 3.50. The second-order valence-corrected chi connectivity index (χ2v) is 5.39. The molecule has 1 N–H and O–H groups in total. The first-order valence-corrected chi connectivity index (χ1v) is 7.01. The minimum atomic E-state index is -0.491. The quantitative estimate of drug-likeness (QED) is 0.903. The molecule has 1 saturated heterocycles. The lowest BCUT2D eigenvalue weighted by molar-refractivity contribution is 0.141. The first-order chi connectivity index (χ1) is 9.08. The van der Waals surface area contributed by atoms with Crippen molar-refractivity contribution in [3.8, 4) is 0 Å². The van der Waals surface area contributed by atoms with Crippen LogP contribution < -0.4 is 5.32 Å². The van der Waals surface area contributed by atoms with Crippen LogP contribution in [0.5, 0.6) is 0 Å². The van der Waals surface area contributed by atoms with Gasteiger partial charge in [0, 0.05) is 37.8 Å². The van der Waals surface area contributed by atoms with E-state index in [2.05, 4.69) is 24.1 Å². The zero-order valence-corrected chi connectivity index (χ0v) is 11.6. The number of nitrogens with zero attached hydrogens (tertiary/aromatic N) is 1. The summed E-state index contributed by atoms with van der Waals surface area (Å²) in [4.78, 5) is 2.40. The van der Waals surface area contributed by atoms with E-state index in [9.17, 15) is 8.78 Å². The third-order valence-electron chi connectivity index (χ3n) is 3.88. The highest BCUT2D eigenvalue weighted by Crippen LogP contribution is 2.13. The fraction of sp³-hybridized carbons (Fsp3) is 0.600. The SMILES string of the molecule is CCC1CN(CCc2cc(F)cc(F)c2)C(C)CN1. The molecular formula is C15H22F2N2. The predicted octanol–water partition coefficient (Wildman–Crippen LogP) is 2.58. The van der Waals surface area contributed by atoms with Crippen molar-refractivity contribution < 1.29 is 8.78 Å². The highest BCUT2D eigenvalue weighted by molar-refractivity contribution is 5.18. The van der Waals surface area contributed by atoms with Crippen molar-refractivity contribution in [1.29, 1.82) is 0 Å². The van der Waals surface area contributed by atoms with E-state index in [1.165, 1.54) is 12.1 Å². The predicted molar refractivity (Wildman–Crippen MR) is 73.2 cm³/mol. The van der Waals surface area contributed by atoms with E-state index in [1.807, 2.05) is 0 Å². The van der Waals surface area contributed by atoms with Gasteiger partial charge in [-0.2, -0.15) is 0 Å². The summed E-state index contributed by atoms with van der Waals surface area (Å²) in [6, 6.07) is 4.77. The molecule has 0 aromatic heterocycles. The molecule has 1 aliphatic rings. The lowest BCUT2D eigenvalue weighted by Gasteiger charge is -2.38. The van der Waals surface area contributed by atoms with Gasteiger partial charge in [0.1, 0.15) is 11.6 Å². The van der Waals surface area contributed by atoms with Gasteiger partial charge < -0.3 is 5.32 Å². The van der Waals surface area contributed by atoms with E-state index in [1.54, 1.807) is 0 Å². The van der Waals surface area contributed by atoms with E-state index in [0.29, 0.717) is 18.5 Å². The van der Waals surface area contributed by atoms with Gasteiger partial charge in [-0.1, -0.05) is 6.92 Å². The Kier molecular flexibility index (Phi) is 4.88. The smallest absolute Gasteiger partial charge is 0.126 e. The largest absolute Gasteiger partial charge is 0.311 e. The molecule has 2 atom stereocenters. The first kappa shape index (κ1) is 14.4. The number of piperazine rings is 1. The first-order valence-electron chi connectivity index (χ1n) is 7.01. The van der Waals surface area contributed by atoms with E-state index in [0.717, 1.165) is 37.7 Å². The van der Waals surface area contributed by atoms with Crippen LogP contribution in [0.2, 0.25) is 0 Å². The summed E-state index contributed by atoms with van der Waals surface area (Å²) in [6.07, 6.45) is 1.80. The number of benzene rings is 1. The van der Waals surface area contributed by atoms with E-state index < -0.39 is 11.6 Å². The molecule has 0 radical (unpaired) electrons. The maximum atomic E-state index is 13.1. The van der Waals surface area contributed by atoms with Gasteiger partial charge in [0.15, 0.2) is 0 Å². The Morgan fingerprint density at radius 1 is 1.26 bits per heavy atom. The van der Waals surface area contributed by atoms with Crippen LogP contribution in [0.25, 0.3) is 0 Å². The van der Waals surface area contributed by atoms with E-state index in [-0.39, 0.29) is 0 Å². The second kappa shape index (κ2) is 6.44. The van der Waals surface area contributed by atoms with Crippen molar-refractivity contribution in [2.45, 2.75) is 38.8 Å². The van der Waals surface area contributed by atoms with E-state index in [4.69, 9.17) is 0 Å². The normalized spacial score (nSPS) is 24.6. The fourth-order valence-electron chi connectivity index (χ4n) is 2.61. The number of rotatable bonds is 4. The van der Waals surface area contributed by atoms with E-state index >= 15 is 0 Å². The van der Waals surface area contributed by atoms with Crippen molar-refractivity contribution in [2.24, 2.45) is 0 Å². The molecule has 4 heteroatoms. The average Bonchev–Trinajstić information content (AvgIpc) is 2.37. The van der Waals surface area contributed by atoms with Gasteiger partial charge in [-0.3, -0.25) is 4.90 Å². The van der Waals surface area contributed by atoms with Crippen LogP contribution in [0.1, 0.15) is 25.8 Å². The monoisotopic (exact) mass is 268 g/mol. The Balaban J connectivity index is 1.93. The molecule has 1 aromatic rings. The Bertz CT molecular complexity index is 402. The maximum absolute atomic E-state index is 13.1. The van der Waals surface area contributed by atoms with Crippen LogP contribution >= 0.6 is 0 Å². The summed E-state index contributed by atoms with van der Waals surface area (Å²) in [7, 11) is 0. The lowest BCUT2D eigenvalue weighted by Crippen LogP contribution is -2.55. The molecule has 1 aliphatic heterocycles. The van der Waals surface area contributed by atoms with Crippen molar-refractivity contribution >= 4 is 0 Å². The summed E-state index contributed by atoms with van der Waals surface area (Å²) in [5.41, 5.74) is 0.733. The van der Waals surface area contributed by atoms with Crippen LogP contribution in [-0.2, 0) is 6.42 Å². The van der Waals surface area contributed by atoms with Crippen LogP contribution in [0.3, 0.4) is 0 Å². The van der Waals surface area contributed by atoms with Gasteiger partial charge in [-0.05, 0) is 37.5 Å². The highest BCUT2D eigenvalue weighted by Gasteiger charge is 2.23. The number of hydrogen-bond acceptors (Lipinski definition) is 2. The number of halogens is 2. The molecule has 1 aromatic carbocycles. The highest BCUT2D eigenvalue weighted by atomic mass is 19.1. The van der Waals surface area contributed by atoms with Crippen molar-refractivity contribution in [3.63, 3.8) is 0 Å². The zero-order chi connectivity index (χ0) is 13.8. The molecule has 19 heavy (non-hydrogen) atoms. The molecule has 0 amide bonds. The molecule has 1 fully saturated rings. The molecule has 0 aliphatic carbocycles. The van der Waals surface area contributed by atoms with Gasteiger partial charge in [0.05, 0.1) is 0 Å². The molecule has 2 unspecified atom stereocenters. The third kappa shape index (κ3) is 3.98. The van der Waals surface area contributed by atoms with Crippen LogP contribution in [0, 0.1) is 11.6 Å². The summed E-state index contributed by atoms with van der Waals surface area (Å²) in [5.74, 6) is -0.982. The summed E-state index contributed by atoms with van der Waals surface area (Å²) < 4.78 is 26.2. The maximum Gasteiger partial charge on any atom is 0.126 e. The molecular weight excluding hydrogens is 246 g/mol. The molecule has 0 spiro atoms. The Labute approximate surface area is 113 Å². The molecule has 0 saturated carbocycles.